The van der Waals surface area contributed by atoms with Gasteiger partial charge in [-0.3, -0.25) is 4.79 Å². The molecule has 2 rings (SSSR count). The van der Waals surface area contributed by atoms with Gasteiger partial charge in [0.1, 0.15) is 0 Å². The zero-order valence-electron chi connectivity index (χ0n) is 12.2. The number of amides is 1. The van der Waals surface area contributed by atoms with Crippen LogP contribution in [0.1, 0.15) is 18.9 Å². The number of hydrogen-bond acceptors (Lipinski definition) is 3. The largest absolute Gasteiger partial charge is 0.341 e. The molecule has 1 amide bonds. The van der Waals surface area contributed by atoms with Gasteiger partial charge in [-0.15, -0.1) is 24.2 Å². The number of likely N-dealkylation sites (tertiary alicyclic amines) is 1. The van der Waals surface area contributed by atoms with Gasteiger partial charge in [-0.05, 0) is 36.1 Å². The number of carbonyl (C=O) groups is 1. The molecule has 21 heavy (non-hydrogen) atoms. The molecule has 3 nitrogen and oxygen atoms in total. The van der Waals surface area contributed by atoms with Crippen LogP contribution in [0.5, 0.6) is 0 Å². The standard InChI is InChI=1S/C15H21ClN2OS.ClH/c1-15(10-17)6-7-18(11-15)14(19)9-20-8-12-2-4-13(16)5-3-12;/h2-5H,6-11,17H2,1H3;1H. The monoisotopic (exact) mass is 348 g/mol. The number of thioether (sulfide) groups is 1. The number of hydrogen-bond donors (Lipinski definition) is 1. The number of nitrogens with zero attached hydrogens (tertiary/aromatic N) is 1. The Bertz CT molecular complexity index is 469. The molecule has 0 bridgehead atoms. The first-order chi connectivity index (χ1) is 9.52. The van der Waals surface area contributed by atoms with E-state index in [1.807, 2.05) is 29.2 Å². The fourth-order valence-corrected chi connectivity index (χ4v) is 3.34. The second kappa shape index (κ2) is 8.28. The summed E-state index contributed by atoms with van der Waals surface area (Å²) in [4.78, 5) is 14.1. The SMILES string of the molecule is CC1(CN)CCN(C(=O)CSCc2ccc(Cl)cc2)C1.Cl. The molecule has 1 unspecified atom stereocenters. The van der Waals surface area contributed by atoms with Gasteiger partial charge in [0.05, 0.1) is 5.75 Å². The smallest absolute Gasteiger partial charge is 0.232 e. The summed E-state index contributed by atoms with van der Waals surface area (Å²) in [5.41, 5.74) is 7.07. The lowest BCUT2D eigenvalue weighted by molar-refractivity contribution is -0.127. The first-order valence-corrected chi connectivity index (χ1v) is 8.36. The average Bonchev–Trinajstić information content (AvgIpc) is 2.84. The third kappa shape index (κ3) is 5.37. The topological polar surface area (TPSA) is 46.3 Å². The second-order valence-corrected chi connectivity index (χ2v) is 7.12. The van der Waals surface area contributed by atoms with Crippen molar-refractivity contribution >= 4 is 41.7 Å². The van der Waals surface area contributed by atoms with Crippen LogP contribution in [0.15, 0.2) is 24.3 Å². The molecular weight excluding hydrogens is 327 g/mol. The Morgan fingerprint density at radius 1 is 1.43 bits per heavy atom. The van der Waals surface area contributed by atoms with E-state index in [-0.39, 0.29) is 23.7 Å². The first kappa shape index (κ1) is 18.6. The van der Waals surface area contributed by atoms with Crippen molar-refractivity contribution in [3.8, 4) is 0 Å². The molecule has 1 aliphatic heterocycles. The molecule has 2 N–H and O–H groups in total. The summed E-state index contributed by atoms with van der Waals surface area (Å²) in [5, 5.41) is 0.743. The molecule has 1 aromatic carbocycles. The number of halogens is 2. The molecule has 0 saturated carbocycles. The van der Waals surface area contributed by atoms with Gasteiger partial charge in [0, 0.05) is 23.9 Å². The van der Waals surface area contributed by atoms with E-state index in [1.165, 1.54) is 5.56 Å². The summed E-state index contributed by atoms with van der Waals surface area (Å²) in [6.45, 7) is 4.44. The minimum absolute atomic E-state index is 0. The Hall–Kier alpha value is -0.420. The number of rotatable bonds is 5. The van der Waals surface area contributed by atoms with Gasteiger partial charge in [0.15, 0.2) is 0 Å². The Labute approximate surface area is 142 Å². The van der Waals surface area contributed by atoms with Crippen LogP contribution in [0.3, 0.4) is 0 Å². The summed E-state index contributed by atoms with van der Waals surface area (Å²) in [7, 11) is 0. The normalized spacial score (nSPS) is 21.2. The predicted octanol–water partition coefficient (Wildman–Crippen LogP) is 3.19. The first-order valence-electron chi connectivity index (χ1n) is 6.82. The summed E-state index contributed by atoms with van der Waals surface area (Å²) < 4.78 is 0. The molecule has 1 aromatic rings. The predicted molar refractivity (Wildman–Crippen MR) is 93.2 cm³/mol. The maximum Gasteiger partial charge on any atom is 0.232 e. The van der Waals surface area contributed by atoms with Crippen LogP contribution in [-0.4, -0.2) is 36.2 Å². The fraction of sp³-hybridized carbons (Fsp3) is 0.533. The summed E-state index contributed by atoms with van der Waals surface area (Å²) in [6, 6.07) is 7.77. The van der Waals surface area contributed by atoms with Gasteiger partial charge < -0.3 is 10.6 Å². The molecule has 1 atom stereocenters. The zero-order chi connectivity index (χ0) is 14.6. The minimum Gasteiger partial charge on any atom is -0.341 e. The number of carbonyl (C=O) groups excluding carboxylic acids is 1. The summed E-state index contributed by atoms with van der Waals surface area (Å²) in [5.74, 6) is 1.59. The van der Waals surface area contributed by atoms with Crippen LogP contribution >= 0.6 is 35.8 Å². The van der Waals surface area contributed by atoms with Crippen molar-refractivity contribution < 1.29 is 4.79 Å². The molecule has 1 aliphatic rings. The van der Waals surface area contributed by atoms with Crippen LogP contribution in [0.25, 0.3) is 0 Å². The highest BCUT2D eigenvalue weighted by Crippen LogP contribution is 2.29. The molecule has 6 heteroatoms. The second-order valence-electron chi connectivity index (χ2n) is 5.70. The average molecular weight is 349 g/mol. The van der Waals surface area contributed by atoms with Crippen molar-refractivity contribution in [3.05, 3.63) is 34.9 Å². The van der Waals surface area contributed by atoms with Crippen LogP contribution in [0.4, 0.5) is 0 Å². The lowest BCUT2D eigenvalue weighted by atomic mass is 9.90. The highest BCUT2D eigenvalue weighted by Gasteiger charge is 2.34. The lowest BCUT2D eigenvalue weighted by Gasteiger charge is -2.22. The quantitative estimate of drug-likeness (QED) is 0.888. The summed E-state index contributed by atoms with van der Waals surface area (Å²) >= 11 is 7.49. The number of nitrogens with two attached hydrogens (primary N) is 1. The van der Waals surface area contributed by atoms with E-state index in [4.69, 9.17) is 17.3 Å². The van der Waals surface area contributed by atoms with Gasteiger partial charge in [0.2, 0.25) is 5.91 Å². The van der Waals surface area contributed by atoms with Crippen LogP contribution in [-0.2, 0) is 10.5 Å². The molecule has 0 radical (unpaired) electrons. The Morgan fingerprint density at radius 2 is 2.10 bits per heavy atom. The third-order valence-corrected chi connectivity index (χ3v) is 5.05. The van der Waals surface area contributed by atoms with Crippen LogP contribution < -0.4 is 5.73 Å². The number of benzene rings is 1. The molecule has 0 spiro atoms. The molecule has 1 fully saturated rings. The molecular formula is C15H22Cl2N2OS. The lowest BCUT2D eigenvalue weighted by Crippen LogP contribution is -2.35. The van der Waals surface area contributed by atoms with E-state index in [9.17, 15) is 4.79 Å². The van der Waals surface area contributed by atoms with Crippen molar-refractivity contribution in [2.24, 2.45) is 11.1 Å². The van der Waals surface area contributed by atoms with Gasteiger partial charge in [-0.1, -0.05) is 30.7 Å². The molecule has 1 heterocycles. The molecule has 0 aliphatic carbocycles. The van der Waals surface area contributed by atoms with E-state index in [2.05, 4.69) is 6.92 Å². The van der Waals surface area contributed by atoms with E-state index in [0.29, 0.717) is 12.3 Å². The van der Waals surface area contributed by atoms with Gasteiger partial charge in [0.25, 0.3) is 0 Å². The van der Waals surface area contributed by atoms with E-state index in [0.717, 1.165) is 30.3 Å². The van der Waals surface area contributed by atoms with Crippen molar-refractivity contribution in [1.29, 1.82) is 0 Å². The van der Waals surface area contributed by atoms with Crippen LogP contribution in [0.2, 0.25) is 5.02 Å². The van der Waals surface area contributed by atoms with Gasteiger partial charge in [-0.25, -0.2) is 0 Å². The van der Waals surface area contributed by atoms with Gasteiger partial charge >= 0.3 is 0 Å². The van der Waals surface area contributed by atoms with Gasteiger partial charge in [-0.2, -0.15) is 0 Å². The third-order valence-electron chi connectivity index (χ3n) is 3.81. The van der Waals surface area contributed by atoms with E-state index >= 15 is 0 Å². The van der Waals surface area contributed by atoms with Crippen molar-refractivity contribution in [3.63, 3.8) is 0 Å². The zero-order valence-corrected chi connectivity index (χ0v) is 14.6. The Kier molecular flexibility index (Phi) is 7.34. The summed E-state index contributed by atoms with van der Waals surface area (Å²) in [6.07, 6.45) is 1.01. The van der Waals surface area contributed by atoms with E-state index in [1.54, 1.807) is 11.8 Å². The maximum absolute atomic E-state index is 12.1. The van der Waals surface area contributed by atoms with Crippen molar-refractivity contribution in [2.45, 2.75) is 19.1 Å². The maximum atomic E-state index is 12.1. The molecule has 1 saturated heterocycles. The minimum atomic E-state index is 0. The van der Waals surface area contributed by atoms with Crippen molar-refractivity contribution in [2.75, 3.05) is 25.4 Å². The highest BCUT2D eigenvalue weighted by atomic mass is 35.5. The van der Waals surface area contributed by atoms with Crippen LogP contribution in [0, 0.1) is 5.41 Å². The Morgan fingerprint density at radius 3 is 2.67 bits per heavy atom. The van der Waals surface area contributed by atoms with Crippen molar-refractivity contribution in [1.82, 2.24) is 4.90 Å². The Balaban J connectivity index is 0.00000220. The van der Waals surface area contributed by atoms with E-state index < -0.39 is 0 Å². The fourth-order valence-electron chi connectivity index (χ4n) is 2.33. The highest BCUT2D eigenvalue weighted by molar-refractivity contribution is 7.99. The molecule has 118 valence electrons. The molecule has 0 aromatic heterocycles.